The van der Waals surface area contributed by atoms with E-state index in [0.717, 1.165) is 11.6 Å². The molecule has 0 spiro atoms. The molecule has 2 N–H and O–H groups in total. The minimum absolute atomic E-state index is 0.114. The maximum absolute atomic E-state index is 10.7. The monoisotopic (exact) mass is 440 g/mol. The van der Waals surface area contributed by atoms with Gasteiger partial charge in [-0.05, 0) is 5.56 Å². The van der Waals surface area contributed by atoms with Crippen molar-refractivity contribution in [2.75, 3.05) is 0 Å². The zero-order valence-corrected chi connectivity index (χ0v) is 17.5. The number of hydrogen-bond acceptors (Lipinski definition) is 2. The third kappa shape index (κ3) is 13.2. The van der Waals surface area contributed by atoms with Crippen LogP contribution >= 0.6 is 0 Å². The van der Waals surface area contributed by atoms with Crippen LogP contribution in [0.5, 0.6) is 0 Å². The minimum Gasteiger partial charge on any atom is -0.478 e. The standard InChI is InChI=1S/C11H10O4.2C4H9.Sn/c12-10(13)7-9(11(14)15)6-8-4-2-1-3-5-8;2*1-3-4-2;/h1-5,7H,6H2,(H,12,13)(H,14,15);2*1,3-4H2,2H3;/b9-7-;;;. The van der Waals surface area contributed by atoms with E-state index >= 15 is 0 Å². The van der Waals surface area contributed by atoms with Gasteiger partial charge >= 0.3 is 81.5 Å². The summed E-state index contributed by atoms with van der Waals surface area (Å²) in [6.07, 6.45) is 6.67. The number of unbranched alkanes of at least 4 members (excludes halogenated alkanes) is 2. The Hall–Kier alpha value is -1.30. The number of carboxylic acids is 2. The van der Waals surface area contributed by atoms with Gasteiger partial charge in [0.2, 0.25) is 0 Å². The van der Waals surface area contributed by atoms with Crippen molar-refractivity contribution >= 4 is 33.1 Å². The van der Waals surface area contributed by atoms with E-state index in [-0.39, 0.29) is 33.1 Å². The molecule has 0 aliphatic heterocycles. The Morgan fingerprint density at radius 1 is 1.00 bits per heavy atom. The SMILES string of the molecule is CCC[CH2][Sn][CH2]CCC.O=C(O)/C=C(/Cc1ccccc1)C(=O)O. The Labute approximate surface area is 155 Å². The number of aliphatic carboxylic acids is 2. The number of carbonyl (C=O) groups is 2. The molecule has 5 heteroatoms. The molecular weight excluding hydrogens is 411 g/mol. The molecule has 1 aromatic carbocycles. The van der Waals surface area contributed by atoms with Gasteiger partial charge in [0, 0.05) is 18.1 Å². The van der Waals surface area contributed by atoms with Gasteiger partial charge in [-0.1, -0.05) is 30.3 Å². The van der Waals surface area contributed by atoms with Crippen LogP contribution in [0.3, 0.4) is 0 Å². The molecule has 0 aromatic heterocycles. The predicted octanol–water partition coefficient (Wildman–Crippen LogP) is 4.45. The fourth-order valence-electron chi connectivity index (χ4n) is 1.88. The first kappa shape index (κ1) is 22.7. The van der Waals surface area contributed by atoms with Gasteiger partial charge in [0.1, 0.15) is 0 Å². The molecule has 0 aliphatic carbocycles. The van der Waals surface area contributed by atoms with Crippen LogP contribution in [-0.4, -0.2) is 43.3 Å². The normalized spacial score (nSPS) is 10.7. The molecule has 0 unspecified atom stereocenters. The smallest absolute Gasteiger partial charge is 0.332 e. The maximum atomic E-state index is 10.7. The van der Waals surface area contributed by atoms with E-state index in [4.69, 9.17) is 10.2 Å². The van der Waals surface area contributed by atoms with E-state index in [1.807, 2.05) is 6.07 Å². The fraction of sp³-hybridized carbons (Fsp3) is 0.474. The van der Waals surface area contributed by atoms with Crippen LogP contribution in [0.15, 0.2) is 42.0 Å². The summed E-state index contributed by atoms with van der Waals surface area (Å²) in [6, 6.07) is 8.85. The van der Waals surface area contributed by atoms with E-state index in [1.165, 1.54) is 25.7 Å². The van der Waals surface area contributed by atoms with E-state index in [2.05, 4.69) is 13.8 Å². The van der Waals surface area contributed by atoms with Gasteiger partial charge in [-0.3, -0.25) is 0 Å². The van der Waals surface area contributed by atoms with E-state index in [0.29, 0.717) is 0 Å². The largest absolute Gasteiger partial charge is 0.478 e. The first-order valence-electron chi connectivity index (χ1n) is 8.42. The summed E-state index contributed by atoms with van der Waals surface area (Å²) in [7, 11) is 0. The third-order valence-electron chi connectivity index (χ3n) is 3.22. The van der Waals surface area contributed by atoms with Gasteiger partial charge in [0.05, 0.1) is 0 Å². The molecular formula is C19H28O4Sn. The Balaban J connectivity index is 0.000000506. The average Bonchev–Trinajstić information content (AvgIpc) is 2.55. The third-order valence-corrected chi connectivity index (χ3v) is 7.26. The second-order valence-corrected chi connectivity index (χ2v) is 9.71. The van der Waals surface area contributed by atoms with Gasteiger partial charge in [0.15, 0.2) is 0 Å². The van der Waals surface area contributed by atoms with Gasteiger partial charge in [-0.25, -0.2) is 9.59 Å². The molecule has 2 radical (unpaired) electrons. The molecule has 0 bridgehead atoms. The van der Waals surface area contributed by atoms with Crippen molar-refractivity contribution in [3.63, 3.8) is 0 Å². The molecule has 132 valence electrons. The van der Waals surface area contributed by atoms with Gasteiger partial charge in [-0.2, -0.15) is 0 Å². The van der Waals surface area contributed by atoms with Crippen molar-refractivity contribution in [2.45, 2.75) is 54.8 Å². The van der Waals surface area contributed by atoms with Crippen LogP contribution in [0, 0.1) is 0 Å². The number of hydrogen-bond donors (Lipinski definition) is 2. The van der Waals surface area contributed by atoms with Crippen molar-refractivity contribution < 1.29 is 19.8 Å². The van der Waals surface area contributed by atoms with Crippen LogP contribution in [-0.2, 0) is 16.0 Å². The van der Waals surface area contributed by atoms with Crippen molar-refractivity contribution in [2.24, 2.45) is 0 Å². The quantitative estimate of drug-likeness (QED) is 0.321. The topological polar surface area (TPSA) is 74.6 Å². The predicted molar refractivity (Wildman–Crippen MR) is 98.7 cm³/mol. The summed E-state index contributed by atoms with van der Waals surface area (Å²) < 4.78 is 3.25. The molecule has 0 heterocycles. The Bertz CT molecular complexity index is 491. The molecule has 24 heavy (non-hydrogen) atoms. The van der Waals surface area contributed by atoms with Crippen molar-refractivity contribution in [3.05, 3.63) is 47.5 Å². The van der Waals surface area contributed by atoms with Crippen LogP contribution in [0.25, 0.3) is 0 Å². The summed E-state index contributed by atoms with van der Waals surface area (Å²) in [5, 5.41) is 17.2. The molecule has 0 aliphatic rings. The van der Waals surface area contributed by atoms with E-state index in [1.54, 1.807) is 33.1 Å². The summed E-state index contributed by atoms with van der Waals surface area (Å²) in [6.45, 7) is 4.58. The van der Waals surface area contributed by atoms with E-state index < -0.39 is 11.9 Å². The van der Waals surface area contributed by atoms with Gasteiger partial charge in [0.25, 0.3) is 0 Å². The minimum atomic E-state index is -1.25. The van der Waals surface area contributed by atoms with Crippen LogP contribution in [0.4, 0.5) is 0 Å². The molecule has 0 amide bonds. The van der Waals surface area contributed by atoms with Crippen LogP contribution in [0.1, 0.15) is 45.1 Å². The van der Waals surface area contributed by atoms with Gasteiger partial charge in [-0.15, -0.1) is 0 Å². The molecule has 0 saturated carbocycles. The van der Waals surface area contributed by atoms with Crippen LogP contribution < -0.4 is 0 Å². The second kappa shape index (κ2) is 15.2. The average molecular weight is 439 g/mol. The summed E-state index contributed by atoms with van der Waals surface area (Å²) >= 11 is 0.149. The molecule has 0 atom stereocenters. The maximum Gasteiger partial charge on any atom is 0.332 e. The molecule has 0 saturated heterocycles. The summed E-state index contributed by atoms with van der Waals surface area (Å²) in [5.41, 5.74) is 0.640. The van der Waals surface area contributed by atoms with Gasteiger partial charge < -0.3 is 10.2 Å². The Kier molecular flexibility index (Phi) is 14.4. The van der Waals surface area contributed by atoms with Crippen LogP contribution in [0.2, 0.25) is 8.87 Å². The van der Waals surface area contributed by atoms with Crippen molar-refractivity contribution in [1.82, 2.24) is 0 Å². The zero-order chi connectivity index (χ0) is 18.2. The Morgan fingerprint density at radius 2 is 1.54 bits per heavy atom. The molecule has 0 fully saturated rings. The second-order valence-electron chi connectivity index (χ2n) is 5.43. The fourth-order valence-corrected chi connectivity index (χ4v) is 6.04. The summed E-state index contributed by atoms with van der Waals surface area (Å²) in [5.74, 6) is -2.45. The number of benzene rings is 1. The number of carboxylic acid groups (broad SMARTS) is 2. The molecule has 1 rings (SSSR count). The first-order chi connectivity index (χ1) is 11.5. The number of rotatable bonds is 10. The molecule has 4 nitrogen and oxygen atoms in total. The Morgan fingerprint density at radius 3 is 1.96 bits per heavy atom. The van der Waals surface area contributed by atoms with Crippen molar-refractivity contribution in [3.8, 4) is 0 Å². The first-order valence-corrected chi connectivity index (χ1v) is 12.5. The molecule has 1 aromatic rings. The summed E-state index contributed by atoms with van der Waals surface area (Å²) in [4.78, 5) is 21.1. The van der Waals surface area contributed by atoms with E-state index in [9.17, 15) is 9.59 Å². The zero-order valence-electron chi connectivity index (χ0n) is 14.6. The van der Waals surface area contributed by atoms with Crippen molar-refractivity contribution in [1.29, 1.82) is 0 Å².